The highest BCUT2D eigenvalue weighted by atomic mass is 79.9. The lowest BCUT2D eigenvalue weighted by Crippen LogP contribution is -2.40. The Morgan fingerprint density at radius 1 is 1.10 bits per heavy atom. The van der Waals surface area contributed by atoms with Gasteiger partial charge >= 0.3 is 6.03 Å². The van der Waals surface area contributed by atoms with Crippen molar-refractivity contribution in [1.29, 1.82) is 0 Å². The summed E-state index contributed by atoms with van der Waals surface area (Å²) < 4.78 is 6.55. The minimum atomic E-state index is -1.20. The quantitative estimate of drug-likeness (QED) is 0.479. The molecule has 0 spiro atoms. The van der Waals surface area contributed by atoms with Gasteiger partial charge < -0.3 is 15.4 Å². The number of carbonyl (C=O) groups is 3. The minimum absolute atomic E-state index is 0.338. The van der Waals surface area contributed by atoms with Gasteiger partial charge in [-0.1, -0.05) is 34.1 Å². The van der Waals surface area contributed by atoms with Gasteiger partial charge in [0.2, 0.25) is 5.88 Å². The number of carbonyl (C=O) groups excluding carboxylic acids is 3. The molecule has 3 aromatic rings. The Balaban J connectivity index is 1.46. The molecule has 1 aliphatic rings. The first kappa shape index (κ1) is 20.5. The Morgan fingerprint density at radius 2 is 1.90 bits per heavy atom. The van der Waals surface area contributed by atoms with Crippen molar-refractivity contribution in [2.75, 3.05) is 5.32 Å². The fourth-order valence-corrected chi connectivity index (χ4v) is 3.46. The van der Waals surface area contributed by atoms with Crippen LogP contribution in [0.3, 0.4) is 0 Å². The van der Waals surface area contributed by atoms with Crippen LogP contribution in [0.1, 0.15) is 22.8 Å². The van der Waals surface area contributed by atoms with Gasteiger partial charge in [-0.15, -0.1) is 0 Å². The van der Waals surface area contributed by atoms with Crippen LogP contribution < -0.4 is 20.7 Å². The number of halogens is 1. The lowest BCUT2D eigenvalue weighted by Gasteiger charge is -2.21. The fourth-order valence-electron chi connectivity index (χ4n) is 3.08. The summed E-state index contributed by atoms with van der Waals surface area (Å²) in [6.07, 6.45) is 1.42. The van der Waals surface area contributed by atoms with E-state index in [4.69, 9.17) is 4.74 Å². The van der Waals surface area contributed by atoms with E-state index < -0.39 is 17.5 Å². The molecule has 9 heteroatoms. The summed E-state index contributed by atoms with van der Waals surface area (Å²) in [5, 5.41) is 7.59. The Morgan fingerprint density at radius 3 is 2.58 bits per heavy atom. The van der Waals surface area contributed by atoms with Crippen LogP contribution in [0, 0.1) is 0 Å². The zero-order valence-corrected chi connectivity index (χ0v) is 17.9. The Hall–Kier alpha value is -3.72. The number of ether oxygens (including phenoxy) is 1. The zero-order chi connectivity index (χ0) is 22.0. The van der Waals surface area contributed by atoms with Crippen molar-refractivity contribution in [2.24, 2.45) is 0 Å². The molecule has 2 aromatic carbocycles. The number of hydrogen-bond donors (Lipinski definition) is 3. The molecule has 31 heavy (non-hydrogen) atoms. The highest BCUT2D eigenvalue weighted by Gasteiger charge is 2.43. The number of nitrogens with one attached hydrogen (secondary N) is 3. The van der Waals surface area contributed by atoms with E-state index >= 15 is 0 Å². The number of pyridine rings is 1. The summed E-state index contributed by atoms with van der Waals surface area (Å²) >= 11 is 3.38. The molecule has 1 fully saturated rings. The third-order valence-electron chi connectivity index (χ3n) is 4.76. The molecule has 4 amide bonds. The van der Waals surface area contributed by atoms with Crippen molar-refractivity contribution in [3.63, 3.8) is 0 Å². The molecule has 8 nitrogen and oxygen atoms in total. The van der Waals surface area contributed by atoms with Gasteiger partial charge in [0.25, 0.3) is 11.8 Å². The van der Waals surface area contributed by atoms with E-state index in [0.29, 0.717) is 28.4 Å². The zero-order valence-electron chi connectivity index (χ0n) is 16.3. The number of benzene rings is 2. The van der Waals surface area contributed by atoms with E-state index in [1.165, 1.54) is 6.20 Å². The van der Waals surface area contributed by atoms with E-state index in [0.717, 1.165) is 4.47 Å². The van der Waals surface area contributed by atoms with Gasteiger partial charge in [-0.2, -0.15) is 0 Å². The molecule has 0 saturated carbocycles. The molecule has 2 heterocycles. The Bertz CT molecular complexity index is 1180. The predicted molar refractivity (Wildman–Crippen MR) is 117 cm³/mol. The van der Waals surface area contributed by atoms with E-state index in [1.54, 1.807) is 49.4 Å². The van der Waals surface area contributed by atoms with Crippen molar-refractivity contribution in [2.45, 2.75) is 12.5 Å². The molecule has 1 atom stereocenters. The van der Waals surface area contributed by atoms with Gasteiger partial charge in [-0.25, -0.2) is 9.78 Å². The molecular weight excluding hydrogens is 464 g/mol. The van der Waals surface area contributed by atoms with Crippen molar-refractivity contribution < 1.29 is 19.1 Å². The largest absolute Gasteiger partial charge is 0.439 e. The maximum Gasteiger partial charge on any atom is 0.322 e. The first-order valence-corrected chi connectivity index (χ1v) is 10.1. The first-order chi connectivity index (χ1) is 14.8. The van der Waals surface area contributed by atoms with Crippen LogP contribution in [0.2, 0.25) is 0 Å². The molecule has 0 radical (unpaired) electrons. The smallest absolute Gasteiger partial charge is 0.322 e. The lowest BCUT2D eigenvalue weighted by molar-refractivity contribution is -0.123. The van der Waals surface area contributed by atoms with Crippen LogP contribution in [0.15, 0.2) is 71.3 Å². The number of imide groups is 1. The minimum Gasteiger partial charge on any atom is -0.439 e. The molecule has 156 valence electrons. The number of anilines is 1. The molecule has 1 aliphatic heterocycles. The van der Waals surface area contributed by atoms with E-state index in [2.05, 4.69) is 36.9 Å². The van der Waals surface area contributed by atoms with Crippen molar-refractivity contribution in [1.82, 2.24) is 15.6 Å². The number of nitrogens with zero attached hydrogens (tertiary/aromatic N) is 1. The lowest BCUT2D eigenvalue weighted by atomic mass is 9.92. The highest BCUT2D eigenvalue weighted by Crippen LogP contribution is 2.27. The van der Waals surface area contributed by atoms with Crippen LogP contribution in [0.4, 0.5) is 10.5 Å². The molecule has 0 aliphatic carbocycles. The van der Waals surface area contributed by atoms with Crippen LogP contribution >= 0.6 is 15.9 Å². The normalized spacial score (nSPS) is 17.6. The molecule has 4 rings (SSSR count). The van der Waals surface area contributed by atoms with Crippen LogP contribution in [0.25, 0.3) is 0 Å². The van der Waals surface area contributed by atoms with Gasteiger partial charge in [-0.05, 0) is 48.9 Å². The van der Waals surface area contributed by atoms with Gasteiger partial charge in [0.1, 0.15) is 11.3 Å². The van der Waals surface area contributed by atoms with Crippen molar-refractivity contribution in [3.8, 4) is 11.6 Å². The van der Waals surface area contributed by atoms with Crippen LogP contribution in [-0.2, 0) is 10.3 Å². The maximum absolute atomic E-state index is 12.6. The summed E-state index contributed by atoms with van der Waals surface area (Å²) in [5.41, 5.74) is 0.159. The molecule has 3 N–H and O–H groups in total. The summed E-state index contributed by atoms with van der Waals surface area (Å²) in [6.45, 7) is 1.60. The second-order valence-electron chi connectivity index (χ2n) is 7.01. The standard InChI is InChI=1S/C22H17BrN4O4/c1-22(20(29)26-21(30)27-22)14-4-2-6-16(10-14)25-19(28)13-8-9-18(24-12-13)31-17-7-3-5-15(23)11-17/h2-12H,1H3,(H,25,28)(H2,26,27,29,30). The van der Waals surface area contributed by atoms with Gasteiger partial charge in [0.15, 0.2) is 0 Å². The number of aromatic nitrogens is 1. The second-order valence-corrected chi connectivity index (χ2v) is 7.93. The molecule has 1 aromatic heterocycles. The Labute approximate surface area is 186 Å². The van der Waals surface area contributed by atoms with Gasteiger partial charge in [0.05, 0.1) is 5.56 Å². The topological polar surface area (TPSA) is 109 Å². The number of urea groups is 1. The van der Waals surface area contributed by atoms with E-state index in [1.807, 2.05) is 18.2 Å². The van der Waals surface area contributed by atoms with Crippen LogP contribution in [0.5, 0.6) is 11.6 Å². The molecule has 1 saturated heterocycles. The van der Waals surface area contributed by atoms with Gasteiger partial charge in [0, 0.05) is 22.4 Å². The third kappa shape index (κ3) is 4.41. The monoisotopic (exact) mass is 480 g/mol. The number of amides is 4. The first-order valence-electron chi connectivity index (χ1n) is 9.28. The number of hydrogen-bond acceptors (Lipinski definition) is 5. The van der Waals surface area contributed by atoms with Crippen molar-refractivity contribution >= 4 is 39.5 Å². The summed E-state index contributed by atoms with van der Waals surface area (Å²) in [4.78, 5) is 40.4. The fraction of sp³-hybridized carbons (Fsp3) is 0.0909. The summed E-state index contributed by atoms with van der Waals surface area (Å²) in [7, 11) is 0. The predicted octanol–water partition coefficient (Wildman–Crippen LogP) is 3.94. The SMILES string of the molecule is CC1(c2cccc(NC(=O)c3ccc(Oc4cccc(Br)c4)nc3)c2)NC(=O)NC1=O. The average molecular weight is 481 g/mol. The number of rotatable bonds is 5. The highest BCUT2D eigenvalue weighted by molar-refractivity contribution is 9.10. The Kier molecular flexibility index (Phi) is 5.43. The maximum atomic E-state index is 12.6. The second kappa shape index (κ2) is 8.19. The molecular formula is C22H17BrN4O4. The van der Waals surface area contributed by atoms with Gasteiger partial charge in [-0.3, -0.25) is 14.9 Å². The molecule has 0 bridgehead atoms. The van der Waals surface area contributed by atoms with Crippen molar-refractivity contribution in [3.05, 3.63) is 82.5 Å². The third-order valence-corrected chi connectivity index (χ3v) is 5.25. The van der Waals surface area contributed by atoms with E-state index in [-0.39, 0.29) is 5.91 Å². The average Bonchev–Trinajstić information content (AvgIpc) is 3.01. The molecule has 1 unspecified atom stereocenters. The van der Waals surface area contributed by atoms with E-state index in [9.17, 15) is 14.4 Å². The van der Waals surface area contributed by atoms with Crippen LogP contribution in [-0.4, -0.2) is 22.8 Å². The summed E-state index contributed by atoms with van der Waals surface area (Å²) in [6, 6.07) is 16.7. The summed E-state index contributed by atoms with van der Waals surface area (Å²) in [5.74, 6) is 0.148.